The van der Waals surface area contributed by atoms with Crippen molar-refractivity contribution in [2.45, 2.75) is 12.8 Å². The van der Waals surface area contributed by atoms with E-state index >= 15 is 0 Å². The average Bonchev–Trinajstić information content (AvgIpc) is 2.85. The minimum atomic E-state index is -0.669. The SMILES string of the molecule is O=C(Cc1ccc(Cl)cc1)N1CCc2c(F)cc(F)cc21. The number of amides is 1. The molecule has 1 amide bonds. The maximum absolute atomic E-state index is 13.7. The zero-order valence-corrected chi connectivity index (χ0v) is 11.8. The van der Waals surface area contributed by atoms with Crippen LogP contribution in [0, 0.1) is 11.6 Å². The number of hydrogen-bond donors (Lipinski definition) is 0. The van der Waals surface area contributed by atoms with Gasteiger partial charge in [-0.2, -0.15) is 0 Å². The Morgan fingerprint density at radius 1 is 1.19 bits per heavy atom. The Hall–Kier alpha value is -1.94. The molecule has 0 saturated carbocycles. The van der Waals surface area contributed by atoms with E-state index in [1.807, 2.05) is 0 Å². The molecule has 2 aromatic rings. The van der Waals surface area contributed by atoms with Crippen LogP contribution < -0.4 is 4.90 Å². The van der Waals surface area contributed by atoms with Crippen molar-refractivity contribution < 1.29 is 13.6 Å². The van der Waals surface area contributed by atoms with Crippen molar-refractivity contribution in [2.24, 2.45) is 0 Å². The van der Waals surface area contributed by atoms with Crippen molar-refractivity contribution in [1.29, 1.82) is 0 Å². The van der Waals surface area contributed by atoms with Crippen LogP contribution in [0.3, 0.4) is 0 Å². The highest BCUT2D eigenvalue weighted by atomic mass is 35.5. The fourth-order valence-electron chi connectivity index (χ4n) is 2.55. The van der Waals surface area contributed by atoms with E-state index < -0.39 is 11.6 Å². The molecule has 0 unspecified atom stereocenters. The van der Waals surface area contributed by atoms with Gasteiger partial charge >= 0.3 is 0 Å². The Balaban J connectivity index is 1.83. The van der Waals surface area contributed by atoms with Crippen molar-refractivity contribution in [3.63, 3.8) is 0 Å². The lowest BCUT2D eigenvalue weighted by atomic mass is 10.1. The molecular formula is C16H12ClF2NO. The maximum Gasteiger partial charge on any atom is 0.231 e. The lowest BCUT2D eigenvalue weighted by Gasteiger charge is -2.17. The fraction of sp³-hybridized carbons (Fsp3) is 0.188. The van der Waals surface area contributed by atoms with Gasteiger partial charge in [-0.3, -0.25) is 4.79 Å². The number of halogens is 3. The molecular weight excluding hydrogens is 296 g/mol. The Labute approximate surface area is 125 Å². The van der Waals surface area contributed by atoms with Gasteiger partial charge in [-0.25, -0.2) is 8.78 Å². The summed E-state index contributed by atoms with van der Waals surface area (Å²) in [5, 5.41) is 0.599. The number of rotatable bonds is 2. The van der Waals surface area contributed by atoms with E-state index in [1.165, 1.54) is 11.0 Å². The predicted octanol–water partition coefficient (Wildman–Crippen LogP) is 3.75. The fourth-order valence-corrected chi connectivity index (χ4v) is 2.68. The smallest absolute Gasteiger partial charge is 0.231 e. The molecule has 108 valence electrons. The third-order valence-corrected chi connectivity index (χ3v) is 3.83. The molecule has 1 aliphatic heterocycles. The standard InChI is InChI=1S/C16H12ClF2NO/c17-11-3-1-10(2-4-11)7-16(21)20-6-5-13-14(19)8-12(18)9-15(13)20/h1-4,8-9H,5-7H2. The summed E-state index contributed by atoms with van der Waals surface area (Å²) in [5.41, 5.74) is 1.56. The van der Waals surface area contributed by atoms with Crippen LogP contribution in [0.1, 0.15) is 11.1 Å². The molecule has 0 radical (unpaired) electrons. The Morgan fingerprint density at radius 2 is 1.90 bits per heavy atom. The van der Waals surface area contributed by atoms with E-state index in [1.54, 1.807) is 24.3 Å². The number of nitrogens with zero attached hydrogens (tertiary/aromatic N) is 1. The van der Waals surface area contributed by atoms with Crippen molar-refractivity contribution in [3.8, 4) is 0 Å². The second kappa shape index (κ2) is 5.45. The molecule has 1 heterocycles. The first-order valence-electron chi connectivity index (χ1n) is 6.57. The zero-order chi connectivity index (χ0) is 15.0. The Kier molecular flexibility index (Phi) is 3.64. The lowest BCUT2D eigenvalue weighted by molar-refractivity contribution is -0.117. The first kappa shape index (κ1) is 14.0. The predicted molar refractivity (Wildman–Crippen MR) is 77.6 cm³/mol. The average molecular weight is 308 g/mol. The van der Waals surface area contributed by atoms with Gasteiger partial charge in [-0.15, -0.1) is 0 Å². The van der Waals surface area contributed by atoms with E-state index in [0.717, 1.165) is 11.6 Å². The summed E-state index contributed by atoms with van der Waals surface area (Å²) in [6.07, 6.45) is 0.586. The van der Waals surface area contributed by atoms with Gasteiger partial charge in [-0.1, -0.05) is 23.7 Å². The molecule has 0 spiro atoms. The number of benzene rings is 2. The topological polar surface area (TPSA) is 20.3 Å². The van der Waals surface area contributed by atoms with Gasteiger partial charge in [0.25, 0.3) is 0 Å². The van der Waals surface area contributed by atoms with Crippen molar-refractivity contribution >= 4 is 23.2 Å². The van der Waals surface area contributed by atoms with Gasteiger partial charge < -0.3 is 4.90 Å². The summed E-state index contributed by atoms with van der Waals surface area (Å²) in [4.78, 5) is 13.8. The molecule has 21 heavy (non-hydrogen) atoms. The van der Waals surface area contributed by atoms with E-state index in [2.05, 4.69) is 0 Å². The highest BCUT2D eigenvalue weighted by Gasteiger charge is 2.27. The Morgan fingerprint density at radius 3 is 2.62 bits per heavy atom. The van der Waals surface area contributed by atoms with Gasteiger partial charge in [0.1, 0.15) is 11.6 Å². The molecule has 0 fully saturated rings. The molecule has 0 atom stereocenters. The van der Waals surface area contributed by atoms with Gasteiger partial charge in [0, 0.05) is 23.2 Å². The monoisotopic (exact) mass is 307 g/mol. The maximum atomic E-state index is 13.7. The summed E-state index contributed by atoms with van der Waals surface area (Å²) in [5.74, 6) is -1.44. The van der Waals surface area contributed by atoms with Gasteiger partial charge in [0.05, 0.1) is 12.1 Å². The molecule has 0 saturated heterocycles. The van der Waals surface area contributed by atoms with Crippen LogP contribution in [0.5, 0.6) is 0 Å². The van der Waals surface area contributed by atoms with Crippen LogP contribution in [-0.4, -0.2) is 12.5 Å². The lowest BCUT2D eigenvalue weighted by Crippen LogP contribution is -2.30. The zero-order valence-electron chi connectivity index (χ0n) is 11.1. The number of carbonyl (C=O) groups excluding carboxylic acids is 1. The molecule has 2 nitrogen and oxygen atoms in total. The van der Waals surface area contributed by atoms with Crippen molar-refractivity contribution in [2.75, 3.05) is 11.4 Å². The Bertz CT molecular complexity index is 700. The summed E-state index contributed by atoms with van der Waals surface area (Å²) < 4.78 is 27.0. The molecule has 2 aromatic carbocycles. The van der Waals surface area contributed by atoms with Gasteiger partial charge in [-0.05, 0) is 30.2 Å². The molecule has 0 aromatic heterocycles. The van der Waals surface area contributed by atoms with Crippen molar-refractivity contribution in [1.82, 2.24) is 0 Å². The van der Waals surface area contributed by atoms with Crippen molar-refractivity contribution in [3.05, 3.63) is 64.2 Å². The second-order valence-corrected chi connectivity index (χ2v) is 5.42. The number of hydrogen-bond acceptors (Lipinski definition) is 1. The highest BCUT2D eigenvalue weighted by molar-refractivity contribution is 6.30. The normalized spacial score (nSPS) is 13.4. The second-order valence-electron chi connectivity index (χ2n) is 4.98. The minimum absolute atomic E-state index is 0.175. The van der Waals surface area contributed by atoms with E-state index in [4.69, 9.17) is 11.6 Å². The van der Waals surface area contributed by atoms with E-state index in [-0.39, 0.29) is 12.3 Å². The molecule has 0 bridgehead atoms. The third-order valence-electron chi connectivity index (χ3n) is 3.58. The minimum Gasteiger partial charge on any atom is -0.311 e. The molecule has 0 aliphatic carbocycles. The van der Waals surface area contributed by atoms with Gasteiger partial charge in [0.15, 0.2) is 0 Å². The molecule has 0 N–H and O–H groups in total. The number of anilines is 1. The highest BCUT2D eigenvalue weighted by Crippen LogP contribution is 2.31. The summed E-state index contributed by atoms with van der Waals surface area (Å²) in [7, 11) is 0. The number of carbonyl (C=O) groups is 1. The molecule has 3 rings (SSSR count). The first-order valence-corrected chi connectivity index (χ1v) is 6.95. The van der Waals surface area contributed by atoms with E-state index in [0.29, 0.717) is 29.2 Å². The van der Waals surface area contributed by atoms with Crippen LogP contribution in [0.2, 0.25) is 5.02 Å². The van der Waals surface area contributed by atoms with Crippen LogP contribution in [0.4, 0.5) is 14.5 Å². The van der Waals surface area contributed by atoms with E-state index in [9.17, 15) is 13.6 Å². The van der Waals surface area contributed by atoms with Crippen LogP contribution in [-0.2, 0) is 17.6 Å². The van der Waals surface area contributed by atoms with Crippen LogP contribution in [0.15, 0.2) is 36.4 Å². The van der Waals surface area contributed by atoms with Crippen LogP contribution >= 0.6 is 11.6 Å². The number of fused-ring (bicyclic) bond motifs is 1. The molecule has 1 aliphatic rings. The largest absolute Gasteiger partial charge is 0.311 e. The third kappa shape index (κ3) is 2.76. The van der Waals surface area contributed by atoms with Crippen LogP contribution in [0.25, 0.3) is 0 Å². The quantitative estimate of drug-likeness (QED) is 0.827. The molecule has 5 heteroatoms. The summed E-state index contributed by atoms with van der Waals surface area (Å²) in [6.45, 7) is 0.377. The van der Waals surface area contributed by atoms with Gasteiger partial charge in [0.2, 0.25) is 5.91 Å². The summed E-state index contributed by atoms with van der Waals surface area (Å²) >= 11 is 5.80. The first-order chi connectivity index (χ1) is 10.0. The summed E-state index contributed by atoms with van der Waals surface area (Å²) in [6, 6.07) is 9.02.